The van der Waals surface area contributed by atoms with E-state index in [9.17, 15) is 0 Å². The Hall–Kier alpha value is -3.65. The molecule has 3 aromatic carbocycles. The number of pyridine rings is 1. The highest BCUT2D eigenvalue weighted by Crippen LogP contribution is 2.28. The fraction of sp³-hybridized carbons (Fsp3) is 0.107. The summed E-state index contributed by atoms with van der Waals surface area (Å²) in [5.74, 6) is 0. The van der Waals surface area contributed by atoms with Gasteiger partial charge in [-0.2, -0.15) is 4.57 Å². The van der Waals surface area contributed by atoms with Crippen molar-refractivity contribution < 1.29 is 4.57 Å². The fourth-order valence-electron chi connectivity index (χ4n) is 4.52. The molecule has 0 aliphatic carbocycles. The molecule has 0 fully saturated rings. The summed E-state index contributed by atoms with van der Waals surface area (Å²) in [5.41, 5.74) is 11.2. The van der Waals surface area contributed by atoms with Crippen LogP contribution in [0.5, 0.6) is 0 Å². The second-order valence-electron chi connectivity index (χ2n) is 8.02. The van der Waals surface area contributed by atoms with Crippen LogP contribution in [-0.2, 0) is 0 Å². The molecular weight excluding hydrogens is 364 g/mol. The summed E-state index contributed by atoms with van der Waals surface area (Å²) >= 11 is 0. The van der Waals surface area contributed by atoms with Gasteiger partial charge in [0.1, 0.15) is 5.69 Å². The summed E-state index contributed by atoms with van der Waals surface area (Å²) in [7, 11) is 0. The number of aryl methyl sites for hydroxylation is 3. The standard InChI is InChI=1S/C28H25N2/c1-20-17-21(2)27(22(3)18-20)30-19-29-16-8-7-11-26(29)28(30)25-14-12-24(13-15-25)23-9-5-4-6-10-23/h4-19H,1-3H3/q+1. The Bertz CT molecular complexity index is 1320. The van der Waals surface area contributed by atoms with Gasteiger partial charge in [-0.1, -0.05) is 66.2 Å². The highest BCUT2D eigenvalue weighted by Gasteiger charge is 2.23. The number of nitrogens with zero attached hydrogens (tertiary/aromatic N) is 2. The molecule has 0 saturated heterocycles. The van der Waals surface area contributed by atoms with Crippen LogP contribution in [0.3, 0.4) is 0 Å². The molecule has 146 valence electrons. The van der Waals surface area contributed by atoms with Gasteiger partial charge in [-0.05, 0) is 67.3 Å². The minimum Gasteiger partial charge on any atom is -0.201 e. The normalized spacial score (nSPS) is 11.2. The summed E-state index contributed by atoms with van der Waals surface area (Å²) in [6.07, 6.45) is 4.31. The minimum absolute atomic E-state index is 1.20. The van der Waals surface area contributed by atoms with Crippen LogP contribution in [0.15, 0.2) is 97.5 Å². The minimum atomic E-state index is 1.20. The number of benzene rings is 3. The van der Waals surface area contributed by atoms with Crippen molar-refractivity contribution in [3.8, 4) is 28.1 Å². The maximum absolute atomic E-state index is 2.34. The van der Waals surface area contributed by atoms with Crippen molar-refractivity contribution in [1.82, 2.24) is 4.40 Å². The summed E-state index contributed by atoms with van der Waals surface area (Å²) < 4.78 is 4.55. The third-order valence-electron chi connectivity index (χ3n) is 5.76. The van der Waals surface area contributed by atoms with Gasteiger partial charge in [-0.3, -0.25) is 0 Å². The molecule has 2 heteroatoms. The molecule has 2 aromatic heterocycles. The van der Waals surface area contributed by atoms with Crippen molar-refractivity contribution in [2.24, 2.45) is 0 Å². The van der Waals surface area contributed by atoms with Crippen LogP contribution >= 0.6 is 0 Å². The van der Waals surface area contributed by atoms with Crippen molar-refractivity contribution in [2.45, 2.75) is 20.8 Å². The lowest BCUT2D eigenvalue weighted by atomic mass is 10.0. The van der Waals surface area contributed by atoms with Crippen LogP contribution in [0.1, 0.15) is 16.7 Å². The Morgan fingerprint density at radius 1 is 0.633 bits per heavy atom. The highest BCUT2D eigenvalue weighted by molar-refractivity contribution is 5.77. The predicted octanol–water partition coefficient (Wildman–Crippen LogP) is 6.48. The van der Waals surface area contributed by atoms with Gasteiger partial charge < -0.3 is 0 Å². The van der Waals surface area contributed by atoms with Crippen LogP contribution < -0.4 is 4.57 Å². The zero-order chi connectivity index (χ0) is 20.7. The molecule has 0 unspecified atom stereocenters. The van der Waals surface area contributed by atoms with E-state index in [-0.39, 0.29) is 0 Å². The van der Waals surface area contributed by atoms with Crippen LogP contribution in [-0.4, -0.2) is 4.40 Å². The largest absolute Gasteiger partial charge is 0.254 e. The quantitative estimate of drug-likeness (QED) is 0.312. The van der Waals surface area contributed by atoms with Crippen LogP contribution in [0.4, 0.5) is 0 Å². The molecule has 0 radical (unpaired) electrons. The van der Waals surface area contributed by atoms with Gasteiger partial charge in [0.2, 0.25) is 0 Å². The van der Waals surface area contributed by atoms with Crippen molar-refractivity contribution in [3.05, 3.63) is 114 Å². The van der Waals surface area contributed by atoms with Gasteiger partial charge in [0, 0.05) is 5.56 Å². The van der Waals surface area contributed by atoms with Crippen LogP contribution in [0.25, 0.3) is 33.6 Å². The monoisotopic (exact) mass is 389 g/mol. The molecule has 5 rings (SSSR count). The molecule has 0 saturated carbocycles. The second-order valence-corrected chi connectivity index (χ2v) is 8.02. The molecular formula is C28H25N2+. The molecule has 0 aliphatic rings. The molecule has 0 N–H and O–H groups in total. The van der Waals surface area contributed by atoms with Gasteiger partial charge in [-0.15, -0.1) is 0 Å². The topological polar surface area (TPSA) is 8.29 Å². The smallest absolute Gasteiger partial charge is 0.201 e. The number of hydrogen-bond acceptors (Lipinski definition) is 0. The Kier molecular flexibility index (Phi) is 4.48. The van der Waals surface area contributed by atoms with Gasteiger partial charge in [0.15, 0.2) is 11.2 Å². The lowest BCUT2D eigenvalue weighted by Crippen LogP contribution is -2.33. The summed E-state index contributed by atoms with van der Waals surface area (Å²) in [6.45, 7) is 6.56. The van der Waals surface area contributed by atoms with E-state index < -0.39 is 0 Å². The zero-order valence-electron chi connectivity index (χ0n) is 17.6. The first-order chi connectivity index (χ1) is 14.6. The molecule has 30 heavy (non-hydrogen) atoms. The van der Waals surface area contributed by atoms with Crippen LogP contribution in [0, 0.1) is 20.8 Å². The van der Waals surface area contributed by atoms with E-state index in [1.165, 1.54) is 50.3 Å². The molecule has 2 heterocycles. The van der Waals surface area contributed by atoms with Gasteiger partial charge in [-0.25, -0.2) is 4.40 Å². The SMILES string of the molecule is Cc1cc(C)c(-[n+]2cn3ccccc3c2-c2ccc(-c3ccccc3)cc2)c(C)c1. The van der Waals surface area contributed by atoms with Gasteiger partial charge >= 0.3 is 0 Å². The molecule has 2 nitrogen and oxygen atoms in total. The van der Waals surface area contributed by atoms with E-state index in [0.717, 1.165) is 0 Å². The first-order valence-electron chi connectivity index (χ1n) is 10.4. The third kappa shape index (κ3) is 3.11. The number of hydrogen-bond donors (Lipinski definition) is 0. The number of fused-ring (bicyclic) bond motifs is 1. The molecule has 0 bridgehead atoms. The summed E-state index contributed by atoms with van der Waals surface area (Å²) in [4.78, 5) is 0. The number of rotatable bonds is 3. The number of imidazole rings is 1. The predicted molar refractivity (Wildman–Crippen MR) is 124 cm³/mol. The molecule has 0 spiro atoms. The van der Waals surface area contributed by atoms with Crippen molar-refractivity contribution >= 4 is 5.52 Å². The highest BCUT2D eigenvalue weighted by atomic mass is 15.1. The first kappa shape index (κ1) is 18.4. The Morgan fingerprint density at radius 3 is 1.93 bits per heavy atom. The maximum Gasteiger partial charge on any atom is 0.254 e. The summed E-state index contributed by atoms with van der Waals surface area (Å²) in [5, 5.41) is 0. The van der Waals surface area contributed by atoms with E-state index in [4.69, 9.17) is 0 Å². The lowest BCUT2D eigenvalue weighted by molar-refractivity contribution is -0.583. The average Bonchev–Trinajstić information content (AvgIpc) is 3.13. The van der Waals surface area contributed by atoms with Crippen LogP contribution in [0.2, 0.25) is 0 Å². The van der Waals surface area contributed by atoms with Crippen molar-refractivity contribution in [2.75, 3.05) is 0 Å². The van der Waals surface area contributed by atoms with Crippen molar-refractivity contribution in [1.29, 1.82) is 0 Å². The second kappa shape index (κ2) is 7.31. The first-order valence-corrected chi connectivity index (χ1v) is 10.4. The molecule has 0 atom stereocenters. The average molecular weight is 390 g/mol. The molecule has 0 amide bonds. The van der Waals surface area contributed by atoms with E-state index in [2.05, 4.69) is 127 Å². The Morgan fingerprint density at radius 2 is 1.23 bits per heavy atom. The summed E-state index contributed by atoms with van der Waals surface area (Å²) in [6, 6.07) is 30.3. The lowest BCUT2D eigenvalue weighted by Gasteiger charge is -2.10. The fourth-order valence-corrected chi connectivity index (χ4v) is 4.52. The van der Waals surface area contributed by atoms with E-state index in [1.807, 2.05) is 0 Å². The van der Waals surface area contributed by atoms with E-state index in [1.54, 1.807) is 0 Å². The van der Waals surface area contributed by atoms with Gasteiger partial charge in [0.05, 0.1) is 6.20 Å². The van der Waals surface area contributed by atoms with E-state index in [0.29, 0.717) is 0 Å². The van der Waals surface area contributed by atoms with Gasteiger partial charge in [0.25, 0.3) is 6.33 Å². The van der Waals surface area contributed by atoms with E-state index >= 15 is 0 Å². The Balaban J connectivity index is 1.73. The van der Waals surface area contributed by atoms with Crippen molar-refractivity contribution in [3.63, 3.8) is 0 Å². The maximum atomic E-state index is 2.34. The third-order valence-corrected chi connectivity index (χ3v) is 5.76. The molecule has 5 aromatic rings. The number of aromatic nitrogens is 2. The zero-order valence-corrected chi connectivity index (χ0v) is 17.6. The molecule has 0 aliphatic heterocycles. The Labute approximate surface area is 177 Å².